The molecule has 6 heteroatoms. The van der Waals surface area contributed by atoms with E-state index in [1.54, 1.807) is 6.92 Å². The molecule has 0 saturated heterocycles. The van der Waals surface area contributed by atoms with E-state index in [0.717, 1.165) is 55.2 Å². The number of carbonyl (C=O) groups excluding carboxylic acids is 2. The molecule has 1 amide bonds. The Balaban J connectivity index is 1.51. The molecule has 0 bridgehead atoms. The molecule has 1 aliphatic heterocycles. The molecule has 1 aromatic heterocycles. The van der Waals surface area contributed by atoms with E-state index in [0.29, 0.717) is 25.3 Å². The summed E-state index contributed by atoms with van der Waals surface area (Å²) in [6, 6.07) is 14.0. The van der Waals surface area contributed by atoms with Crippen molar-refractivity contribution in [2.24, 2.45) is 0 Å². The number of hydrogen-bond acceptors (Lipinski definition) is 4. The van der Waals surface area contributed by atoms with Gasteiger partial charge in [0.2, 0.25) is 0 Å². The molecular formula is C25H20N2O4. The molecule has 0 atom stereocenters. The summed E-state index contributed by atoms with van der Waals surface area (Å²) >= 11 is 0. The number of carbonyl (C=O) groups is 2. The van der Waals surface area contributed by atoms with Crippen molar-refractivity contribution in [3.63, 3.8) is 0 Å². The Morgan fingerprint density at radius 1 is 1.10 bits per heavy atom. The van der Waals surface area contributed by atoms with Crippen LogP contribution in [0.3, 0.4) is 0 Å². The monoisotopic (exact) mass is 412 g/mol. The smallest absolute Gasteiger partial charge is 0.344 e. The van der Waals surface area contributed by atoms with E-state index in [2.05, 4.69) is 22.4 Å². The van der Waals surface area contributed by atoms with Gasteiger partial charge in [-0.1, -0.05) is 24.3 Å². The fraction of sp³-hybridized carbons (Fsp3) is 0.200. The molecule has 0 unspecified atom stereocenters. The fourth-order valence-electron chi connectivity index (χ4n) is 4.98. The number of ether oxygens (including phenoxy) is 2. The molecule has 31 heavy (non-hydrogen) atoms. The fourth-order valence-corrected chi connectivity index (χ4v) is 4.98. The number of fused-ring (bicyclic) bond motifs is 10. The molecule has 2 aliphatic rings. The molecule has 2 N–H and O–H groups in total. The Labute approximate surface area is 178 Å². The molecule has 0 spiro atoms. The minimum Gasteiger partial charge on any atom is -0.482 e. The number of rotatable bonds is 4. The topological polar surface area (TPSA) is 80.4 Å². The molecule has 154 valence electrons. The predicted octanol–water partition coefficient (Wildman–Crippen LogP) is 4.08. The summed E-state index contributed by atoms with van der Waals surface area (Å²) in [5, 5.41) is 5.29. The van der Waals surface area contributed by atoms with Gasteiger partial charge < -0.3 is 19.8 Å². The van der Waals surface area contributed by atoms with E-state index in [9.17, 15) is 9.59 Å². The van der Waals surface area contributed by atoms with E-state index in [-0.39, 0.29) is 18.5 Å². The van der Waals surface area contributed by atoms with Crippen LogP contribution in [0.2, 0.25) is 0 Å². The third kappa shape index (κ3) is 2.57. The Hall–Kier alpha value is -3.80. The van der Waals surface area contributed by atoms with Gasteiger partial charge in [0.25, 0.3) is 5.91 Å². The Morgan fingerprint density at radius 2 is 1.97 bits per heavy atom. The first-order valence-electron chi connectivity index (χ1n) is 10.4. The van der Waals surface area contributed by atoms with Crippen molar-refractivity contribution in [3.05, 3.63) is 64.7 Å². The molecular weight excluding hydrogens is 392 g/mol. The molecule has 6 rings (SSSR count). The zero-order chi connectivity index (χ0) is 21.1. The van der Waals surface area contributed by atoms with Gasteiger partial charge in [0.1, 0.15) is 5.75 Å². The first-order chi connectivity index (χ1) is 15.2. The van der Waals surface area contributed by atoms with Gasteiger partial charge in [-0.25, -0.2) is 4.79 Å². The predicted molar refractivity (Wildman–Crippen MR) is 117 cm³/mol. The lowest BCUT2D eigenvalue weighted by molar-refractivity contribution is -0.145. The van der Waals surface area contributed by atoms with Gasteiger partial charge in [0.05, 0.1) is 17.7 Å². The molecule has 0 saturated carbocycles. The van der Waals surface area contributed by atoms with E-state index in [1.807, 2.05) is 30.3 Å². The number of H-pyrrole nitrogens is 1. The molecule has 0 radical (unpaired) electrons. The highest BCUT2D eigenvalue weighted by molar-refractivity contribution is 6.19. The number of benzene rings is 3. The van der Waals surface area contributed by atoms with Crippen LogP contribution >= 0.6 is 0 Å². The first kappa shape index (κ1) is 18.0. The minimum absolute atomic E-state index is 0.0195. The van der Waals surface area contributed by atoms with Crippen LogP contribution in [0.1, 0.15) is 34.0 Å². The number of nitrogens with one attached hydrogen (secondary N) is 2. The van der Waals surface area contributed by atoms with Gasteiger partial charge in [0, 0.05) is 34.8 Å². The number of hydrogen-bond donors (Lipinski definition) is 2. The van der Waals surface area contributed by atoms with Crippen LogP contribution in [0.15, 0.2) is 42.5 Å². The minimum atomic E-state index is -0.388. The van der Waals surface area contributed by atoms with E-state index >= 15 is 0 Å². The third-order valence-corrected chi connectivity index (χ3v) is 6.19. The molecule has 2 heterocycles. The van der Waals surface area contributed by atoms with Crippen molar-refractivity contribution in [1.29, 1.82) is 0 Å². The highest BCUT2D eigenvalue weighted by atomic mass is 16.6. The zero-order valence-corrected chi connectivity index (χ0v) is 17.0. The Bertz CT molecular complexity index is 1420. The quantitative estimate of drug-likeness (QED) is 0.436. The van der Waals surface area contributed by atoms with Gasteiger partial charge >= 0.3 is 5.97 Å². The second kappa shape index (κ2) is 6.60. The normalized spacial score (nSPS) is 13.8. The van der Waals surface area contributed by atoms with Gasteiger partial charge in [0.15, 0.2) is 6.61 Å². The van der Waals surface area contributed by atoms with Crippen molar-refractivity contribution in [2.75, 3.05) is 13.2 Å². The summed E-state index contributed by atoms with van der Waals surface area (Å²) in [5.74, 6) is 0.211. The van der Waals surface area contributed by atoms with Gasteiger partial charge in [-0.15, -0.1) is 0 Å². The average Bonchev–Trinajstić information content (AvgIpc) is 3.45. The lowest BCUT2D eigenvalue weighted by atomic mass is 9.92. The summed E-state index contributed by atoms with van der Waals surface area (Å²) < 4.78 is 10.6. The summed E-state index contributed by atoms with van der Waals surface area (Å²) in [6.45, 7) is 2.51. The molecule has 3 aromatic carbocycles. The van der Waals surface area contributed by atoms with E-state index in [4.69, 9.17) is 9.47 Å². The lowest BCUT2D eigenvalue weighted by Gasteiger charge is -2.10. The van der Waals surface area contributed by atoms with Crippen LogP contribution < -0.4 is 10.1 Å². The van der Waals surface area contributed by atoms with Gasteiger partial charge in [-0.3, -0.25) is 4.79 Å². The summed E-state index contributed by atoms with van der Waals surface area (Å²) in [4.78, 5) is 28.1. The average molecular weight is 412 g/mol. The second-order valence-corrected chi connectivity index (χ2v) is 7.90. The highest BCUT2D eigenvalue weighted by Crippen LogP contribution is 2.48. The standard InChI is InChI=1S/C25H20N2O4/c1-2-30-20(28)12-31-14-7-8-15-13(9-14)10-17-21(15)23-18(11-26-25(23)29)22-16-5-3-4-6-19(16)27-24(17)22/h3-9,27H,2,10-12H2,1H3,(H,26,29). The van der Waals surface area contributed by atoms with Gasteiger partial charge in [-0.05, 0) is 47.4 Å². The highest BCUT2D eigenvalue weighted by Gasteiger charge is 2.34. The van der Waals surface area contributed by atoms with Crippen LogP contribution in [0.25, 0.3) is 32.9 Å². The molecule has 6 nitrogen and oxygen atoms in total. The third-order valence-electron chi connectivity index (χ3n) is 6.19. The first-order valence-corrected chi connectivity index (χ1v) is 10.4. The SMILES string of the molecule is CCOC(=O)COc1ccc2c(c1)Cc1c-2c2c(c3c1[nH]c1ccccc13)CNC2=O. The molecule has 1 aliphatic carbocycles. The molecule has 0 fully saturated rings. The summed E-state index contributed by atoms with van der Waals surface area (Å²) in [6.07, 6.45) is 0.700. The van der Waals surface area contributed by atoms with Crippen LogP contribution in [0.5, 0.6) is 5.75 Å². The number of para-hydroxylation sites is 1. The van der Waals surface area contributed by atoms with E-state index in [1.165, 1.54) is 0 Å². The Kier molecular flexibility index (Phi) is 3.84. The van der Waals surface area contributed by atoms with Crippen molar-refractivity contribution in [3.8, 4) is 16.9 Å². The molecule has 4 aromatic rings. The van der Waals surface area contributed by atoms with Crippen LogP contribution in [-0.4, -0.2) is 30.1 Å². The van der Waals surface area contributed by atoms with Crippen molar-refractivity contribution in [2.45, 2.75) is 19.9 Å². The zero-order valence-electron chi connectivity index (χ0n) is 17.0. The van der Waals surface area contributed by atoms with E-state index < -0.39 is 0 Å². The number of aromatic amines is 1. The van der Waals surface area contributed by atoms with Gasteiger partial charge in [-0.2, -0.15) is 0 Å². The maximum absolute atomic E-state index is 12.8. The van der Waals surface area contributed by atoms with Crippen LogP contribution in [-0.2, 0) is 22.5 Å². The van der Waals surface area contributed by atoms with Crippen LogP contribution in [0, 0.1) is 0 Å². The number of esters is 1. The lowest BCUT2D eigenvalue weighted by Crippen LogP contribution is -2.14. The van der Waals surface area contributed by atoms with Crippen molar-refractivity contribution >= 4 is 33.7 Å². The maximum Gasteiger partial charge on any atom is 0.344 e. The Morgan fingerprint density at radius 3 is 2.84 bits per heavy atom. The van der Waals surface area contributed by atoms with Crippen LogP contribution in [0.4, 0.5) is 0 Å². The van der Waals surface area contributed by atoms with Crippen molar-refractivity contribution < 1.29 is 19.1 Å². The largest absolute Gasteiger partial charge is 0.482 e. The van der Waals surface area contributed by atoms with Crippen molar-refractivity contribution in [1.82, 2.24) is 10.3 Å². The number of aromatic nitrogens is 1. The second-order valence-electron chi connectivity index (χ2n) is 7.90. The maximum atomic E-state index is 12.8. The summed E-state index contributed by atoms with van der Waals surface area (Å²) in [7, 11) is 0. The number of amides is 1. The summed E-state index contributed by atoms with van der Waals surface area (Å²) in [5.41, 5.74) is 8.30.